The van der Waals surface area contributed by atoms with E-state index in [4.69, 9.17) is 0 Å². The molecule has 1 aliphatic rings. The van der Waals surface area contributed by atoms with Crippen LogP contribution in [0.4, 0.5) is 0 Å². The Morgan fingerprint density at radius 2 is 2.10 bits per heavy atom. The van der Waals surface area contributed by atoms with Crippen molar-refractivity contribution in [3.8, 4) is 0 Å². The number of amides is 1. The highest BCUT2D eigenvalue weighted by atomic mass is 32.2. The fourth-order valence-electron chi connectivity index (χ4n) is 2.23. The molecule has 1 aromatic rings. The molecule has 0 saturated carbocycles. The third-order valence-corrected chi connectivity index (χ3v) is 8.04. The Bertz CT molecular complexity index is 686. The zero-order valence-corrected chi connectivity index (χ0v) is 14.4. The van der Waals surface area contributed by atoms with E-state index in [2.05, 4.69) is 11.9 Å². The Kier molecular flexibility index (Phi) is 4.06. The van der Waals surface area contributed by atoms with Gasteiger partial charge in [-0.05, 0) is 45.6 Å². The Balaban J connectivity index is 2.32. The average Bonchev–Trinajstić information content (AvgIpc) is 2.86. The molecule has 0 spiro atoms. The highest BCUT2D eigenvalue weighted by Gasteiger charge is 2.39. The summed E-state index contributed by atoms with van der Waals surface area (Å²) in [6.07, 6.45) is 0.407. The Labute approximate surface area is 130 Å². The summed E-state index contributed by atoms with van der Waals surface area (Å²) in [6, 6.07) is 1.54. The SMILES string of the molecule is C=C(C)C(C)(C)C(=O)N[C@H]1C[C@H](C)S(=O)(=O)c2sccc21. The third-order valence-electron chi connectivity index (χ3n) is 4.33. The van der Waals surface area contributed by atoms with E-state index in [0.717, 1.165) is 5.57 Å². The molecule has 2 rings (SSSR count). The third kappa shape index (κ3) is 2.66. The van der Waals surface area contributed by atoms with Crippen LogP contribution in [0.25, 0.3) is 0 Å². The lowest BCUT2D eigenvalue weighted by molar-refractivity contribution is -0.128. The molecule has 1 aliphatic heterocycles. The predicted octanol–water partition coefficient (Wildman–Crippen LogP) is 3.07. The number of fused-ring (bicyclic) bond motifs is 1. The molecule has 2 heterocycles. The van der Waals surface area contributed by atoms with Gasteiger partial charge in [0.15, 0.2) is 9.84 Å². The van der Waals surface area contributed by atoms with Crippen LogP contribution in [0, 0.1) is 5.41 Å². The van der Waals surface area contributed by atoms with Crippen LogP contribution in [0.15, 0.2) is 27.8 Å². The molecule has 0 saturated heterocycles. The molecule has 0 unspecified atom stereocenters. The first-order chi connectivity index (χ1) is 9.58. The Morgan fingerprint density at radius 1 is 1.48 bits per heavy atom. The van der Waals surface area contributed by atoms with Crippen molar-refractivity contribution in [1.29, 1.82) is 0 Å². The number of thiophene rings is 1. The molecule has 1 aromatic heterocycles. The van der Waals surface area contributed by atoms with E-state index >= 15 is 0 Å². The maximum absolute atomic E-state index is 12.5. The van der Waals surface area contributed by atoms with Crippen molar-refractivity contribution in [3.05, 3.63) is 29.2 Å². The smallest absolute Gasteiger partial charge is 0.230 e. The van der Waals surface area contributed by atoms with Gasteiger partial charge in [-0.25, -0.2) is 8.42 Å². The second kappa shape index (κ2) is 5.25. The maximum atomic E-state index is 12.5. The van der Waals surface area contributed by atoms with E-state index in [9.17, 15) is 13.2 Å². The van der Waals surface area contributed by atoms with E-state index in [-0.39, 0.29) is 11.9 Å². The molecule has 21 heavy (non-hydrogen) atoms. The van der Waals surface area contributed by atoms with Gasteiger partial charge in [0.1, 0.15) is 4.21 Å². The number of carbonyl (C=O) groups excluding carboxylic acids is 1. The second-order valence-corrected chi connectivity index (χ2v) is 9.66. The summed E-state index contributed by atoms with van der Waals surface area (Å²) in [5, 5.41) is 4.28. The molecule has 0 radical (unpaired) electrons. The lowest BCUT2D eigenvalue weighted by Gasteiger charge is -2.32. The van der Waals surface area contributed by atoms with Gasteiger partial charge in [-0.15, -0.1) is 11.3 Å². The fourth-order valence-corrected chi connectivity index (χ4v) is 5.46. The first-order valence-electron chi connectivity index (χ1n) is 6.86. The van der Waals surface area contributed by atoms with Crippen molar-refractivity contribution in [1.82, 2.24) is 5.32 Å². The minimum absolute atomic E-state index is 0.122. The molecular weight excluding hydrogens is 306 g/mol. The quantitative estimate of drug-likeness (QED) is 0.868. The molecule has 0 aromatic carbocycles. The monoisotopic (exact) mass is 327 g/mol. The topological polar surface area (TPSA) is 63.2 Å². The van der Waals surface area contributed by atoms with E-state index in [1.807, 2.05) is 20.8 Å². The zero-order chi connectivity index (χ0) is 16.0. The van der Waals surface area contributed by atoms with Crippen LogP contribution >= 0.6 is 11.3 Å². The molecule has 2 atom stereocenters. The zero-order valence-electron chi connectivity index (χ0n) is 12.8. The van der Waals surface area contributed by atoms with Crippen molar-refractivity contribution in [2.24, 2.45) is 5.41 Å². The minimum atomic E-state index is -3.25. The number of hydrogen-bond donors (Lipinski definition) is 1. The van der Waals surface area contributed by atoms with Crippen molar-refractivity contribution >= 4 is 27.1 Å². The van der Waals surface area contributed by atoms with Crippen LogP contribution in [0.2, 0.25) is 0 Å². The van der Waals surface area contributed by atoms with Gasteiger partial charge in [-0.1, -0.05) is 12.2 Å². The summed E-state index contributed by atoms with van der Waals surface area (Å²) < 4.78 is 25.0. The van der Waals surface area contributed by atoms with Gasteiger partial charge in [0.05, 0.1) is 16.7 Å². The highest BCUT2D eigenvalue weighted by molar-refractivity contribution is 7.94. The van der Waals surface area contributed by atoms with Crippen molar-refractivity contribution in [3.63, 3.8) is 0 Å². The van der Waals surface area contributed by atoms with Crippen LogP contribution in [0.3, 0.4) is 0 Å². The molecule has 0 fully saturated rings. The van der Waals surface area contributed by atoms with E-state index in [0.29, 0.717) is 16.2 Å². The van der Waals surface area contributed by atoms with Gasteiger partial charge in [-0.2, -0.15) is 0 Å². The number of rotatable bonds is 3. The van der Waals surface area contributed by atoms with Gasteiger partial charge >= 0.3 is 0 Å². The Morgan fingerprint density at radius 3 is 2.67 bits per heavy atom. The van der Waals surface area contributed by atoms with Gasteiger partial charge in [0, 0.05) is 5.56 Å². The Hall–Kier alpha value is -1.14. The molecule has 116 valence electrons. The van der Waals surface area contributed by atoms with Gasteiger partial charge in [0.2, 0.25) is 5.91 Å². The summed E-state index contributed by atoms with van der Waals surface area (Å²) in [7, 11) is -3.25. The van der Waals surface area contributed by atoms with Crippen LogP contribution in [-0.4, -0.2) is 19.6 Å². The molecular formula is C15H21NO3S2. The normalized spacial score (nSPS) is 24.2. The van der Waals surface area contributed by atoms with E-state index in [1.54, 1.807) is 18.4 Å². The summed E-state index contributed by atoms with van der Waals surface area (Å²) in [6.45, 7) is 11.0. The molecule has 0 bridgehead atoms. The second-order valence-electron chi connectivity index (χ2n) is 6.19. The molecule has 1 amide bonds. The number of hydrogen-bond acceptors (Lipinski definition) is 4. The number of nitrogens with one attached hydrogen (secondary N) is 1. The molecule has 4 nitrogen and oxygen atoms in total. The van der Waals surface area contributed by atoms with Crippen molar-refractivity contribution in [2.75, 3.05) is 0 Å². The summed E-state index contributed by atoms with van der Waals surface area (Å²) in [4.78, 5) is 12.5. The number of carbonyl (C=O) groups is 1. The average molecular weight is 327 g/mol. The minimum Gasteiger partial charge on any atom is -0.348 e. The summed E-state index contributed by atoms with van der Waals surface area (Å²) in [5.41, 5.74) is 0.821. The maximum Gasteiger partial charge on any atom is 0.230 e. The first kappa shape index (κ1) is 16.2. The van der Waals surface area contributed by atoms with E-state index in [1.165, 1.54) is 11.3 Å². The largest absolute Gasteiger partial charge is 0.348 e. The lowest BCUT2D eigenvalue weighted by Crippen LogP contribution is -2.42. The van der Waals surface area contributed by atoms with Crippen LogP contribution in [-0.2, 0) is 14.6 Å². The van der Waals surface area contributed by atoms with Gasteiger partial charge < -0.3 is 5.32 Å². The standard InChI is InChI=1S/C15H21NO3S2/c1-9(2)15(4,5)14(17)16-12-8-10(3)21(18,19)13-11(12)6-7-20-13/h6-7,10,12H,1,8H2,2-5H3,(H,16,17)/t10-,12-/m0/s1. The summed E-state index contributed by atoms with van der Waals surface area (Å²) >= 11 is 1.22. The molecule has 1 N–H and O–H groups in total. The highest BCUT2D eigenvalue weighted by Crippen LogP contribution is 2.40. The lowest BCUT2D eigenvalue weighted by atomic mass is 9.84. The number of sulfone groups is 1. The summed E-state index contributed by atoms with van der Waals surface area (Å²) in [5.74, 6) is -0.122. The van der Waals surface area contributed by atoms with Gasteiger partial charge in [0.25, 0.3) is 0 Å². The molecule has 6 heteroatoms. The first-order valence-corrected chi connectivity index (χ1v) is 9.29. The van der Waals surface area contributed by atoms with Crippen LogP contribution in [0.1, 0.15) is 45.7 Å². The fraction of sp³-hybridized carbons (Fsp3) is 0.533. The van der Waals surface area contributed by atoms with Gasteiger partial charge in [-0.3, -0.25) is 4.79 Å². The van der Waals surface area contributed by atoms with Crippen molar-refractivity contribution < 1.29 is 13.2 Å². The van der Waals surface area contributed by atoms with E-state index < -0.39 is 20.5 Å². The van der Waals surface area contributed by atoms with Crippen LogP contribution < -0.4 is 5.32 Å². The molecule has 0 aliphatic carbocycles. The predicted molar refractivity (Wildman–Crippen MR) is 85.1 cm³/mol. The van der Waals surface area contributed by atoms with Crippen LogP contribution in [0.5, 0.6) is 0 Å². The van der Waals surface area contributed by atoms with Crippen molar-refractivity contribution in [2.45, 2.75) is 49.6 Å².